The zero-order chi connectivity index (χ0) is 20.7. The molecule has 0 fully saturated rings. The number of rotatable bonds is 8. The van der Waals surface area contributed by atoms with Crippen LogP contribution in [-0.2, 0) is 21.2 Å². The van der Waals surface area contributed by atoms with Crippen molar-refractivity contribution < 1.29 is 13.2 Å². The van der Waals surface area contributed by atoms with Gasteiger partial charge in [-0.3, -0.25) is 9.10 Å². The Kier molecular flexibility index (Phi) is 7.18. The molecule has 0 saturated carbocycles. The summed E-state index contributed by atoms with van der Waals surface area (Å²) in [5.74, 6) is -0.178. The summed E-state index contributed by atoms with van der Waals surface area (Å²) in [7, 11) is -3.45. The number of aryl methyl sites for hydroxylation is 1. The maximum Gasteiger partial charge on any atom is 0.232 e. The molecule has 0 aromatic heterocycles. The summed E-state index contributed by atoms with van der Waals surface area (Å²) >= 11 is 0. The molecule has 0 aliphatic rings. The van der Waals surface area contributed by atoms with E-state index in [2.05, 4.69) is 11.4 Å². The monoisotopic (exact) mass is 399 g/mol. The van der Waals surface area contributed by atoms with Crippen LogP contribution in [-0.4, -0.2) is 27.1 Å². The van der Waals surface area contributed by atoms with Crippen molar-refractivity contribution in [2.75, 3.05) is 22.4 Å². The van der Waals surface area contributed by atoms with Crippen molar-refractivity contribution in [3.05, 3.63) is 59.2 Å². The van der Waals surface area contributed by atoms with Gasteiger partial charge in [-0.1, -0.05) is 24.3 Å². The van der Waals surface area contributed by atoms with Crippen LogP contribution in [0.5, 0.6) is 0 Å². The zero-order valence-electron chi connectivity index (χ0n) is 16.4. The molecule has 28 heavy (non-hydrogen) atoms. The minimum Gasteiger partial charge on any atom is -0.326 e. The molecule has 0 atom stereocenters. The first kappa shape index (κ1) is 21.5. The van der Waals surface area contributed by atoms with Gasteiger partial charge in [0.15, 0.2) is 0 Å². The Bertz CT molecular complexity index is 977. The molecule has 7 heteroatoms. The highest BCUT2D eigenvalue weighted by Crippen LogP contribution is 2.25. The summed E-state index contributed by atoms with van der Waals surface area (Å²) in [5, 5.41) is 11.5. The average Bonchev–Trinajstić information content (AvgIpc) is 2.62. The molecule has 1 amide bonds. The van der Waals surface area contributed by atoms with Gasteiger partial charge in [0.1, 0.15) is 0 Å². The van der Waals surface area contributed by atoms with E-state index in [9.17, 15) is 13.2 Å². The van der Waals surface area contributed by atoms with E-state index in [0.717, 1.165) is 16.7 Å². The maximum atomic E-state index is 12.2. The van der Waals surface area contributed by atoms with Gasteiger partial charge in [-0.25, -0.2) is 8.42 Å². The number of carbonyl (C=O) groups excluding carboxylic acids is 1. The van der Waals surface area contributed by atoms with Gasteiger partial charge < -0.3 is 5.32 Å². The van der Waals surface area contributed by atoms with Crippen LogP contribution in [0.25, 0.3) is 0 Å². The molecule has 0 unspecified atom stereocenters. The Morgan fingerprint density at radius 1 is 1.14 bits per heavy atom. The van der Waals surface area contributed by atoms with Crippen molar-refractivity contribution >= 4 is 27.3 Å². The van der Waals surface area contributed by atoms with Gasteiger partial charge in [0.2, 0.25) is 15.9 Å². The van der Waals surface area contributed by atoms with Crippen molar-refractivity contribution in [3.8, 4) is 6.07 Å². The number of sulfonamides is 1. The second-order valence-corrected chi connectivity index (χ2v) is 8.64. The number of benzene rings is 2. The van der Waals surface area contributed by atoms with E-state index in [-0.39, 0.29) is 18.9 Å². The topological polar surface area (TPSA) is 90.3 Å². The Balaban J connectivity index is 1.97. The van der Waals surface area contributed by atoms with E-state index in [0.29, 0.717) is 24.2 Å². The van der Waals surface area contributed by atoms with Crippen LogP contribution in [0.2, 0.25) is 0 Å². The van der Waals surface area contributed by atoms with Crippen molar-refractivity contribution in [3.63, 3.8) is 0 Å². The second-order valence-electron chi connectivity index (χ2n) is 6.74. The van der Waals surface area contributed by atoms with Crippen LogP contribution in [0.15, 0.2) is 42.5 Å². The lowest BCUT2D eigenvalue weighted by Gasteiger charge is -2.24. The summed E-state index contributed by atoms with van der Waals surface area (Å²) in [4.78, 5) is 12.2. The second kappa shape index (κ2) is 9.38. The molecule has 0 radical (unpaired) electrons. The fraction of sp³-hybridized carbons (Fsp3) is 0.333. The largest absolute Gasteiger partial charge is 0.326 e. The summed E-state index contributed by atoms with van der Waals surface area (Å²) in [6.45, 7) is 4.07. The van der Waals surface area contributed by atoms with Crippen LogP contribution in [0, 0.1) is 25.2 Å². The number of carbonyl (C=O) groups is 1. The predicted octanol–water partition coefficient (Wildman–Crippen LogP) is 3.55. The van der Waals surface area contributed by atoms with Crippen molar-refractivity contribution in [2.45, 2.75) is 33.1 Å². The third kappa shape index (κ3) is 5.83. The van der Waals surface area contributed by atoms with Gasteiger partial charge in [-0.05, 0) is 55.2 Å². The number of nitriles is 1. The Morgan fingerprint density at radius 2 is 1.82 bits per heavy atom. The number of nitrogens with one attached hydrogen (secondary N) is 1. The van der Waals surface area contributed by atoms with Crippen LogP contribution >= 0.6 is 0 Å². The lowest BCUT2D eigenvalue weighted by atomic mass is 10.1. The number of nitrogens with zero attached hydrogens (tertiary/aromatic N) is 2. The molecule has 0 aliphatic carbocycles. The SMILES string of the molecule is Cc1cccc(N(CCCC(=O)Nc2ccc(CC#N)cc2)S(C)(=O)=O)c1C. The van der Waals surface area contributed by atoms with Crippen molar-refractivity contribution in [1.82, 2.24) is 0 Å². The van der Waals surface area contributed by atoms with Crippen molar-refractivity contribution in [1.29, 1.82) is 5.26 Å². The first-order chi connectivity index (χ1) is 13.2. The Labute approximate surface area is 166 Å². The molecule has 0 spiro atoms. The standard InChI is InChI=1S/C21H25N3O3S/c1-16-6-4-7-20(17(16)2)24(28(3,26)27)15-5-8-21(25)23-19-11-9-18(10-12-19)13-14-22/h4,6-7,9-12H,5,8,13,15H2,1-3H3,(H,23,25). The Morgan fingerprint density at radius 3 is 2.43 bits per heavy atom. The van der Waals surface area contributed by atoms with E-state index >= 15 is 0 Å². The third-order valence-corrected chi connectivity index (χ3v) is 5.71. The molecule has 0 saturated heterocycles. The normalized spacial score (nSPS) is 10.9. The fourth-order valence-corrected chi connectivity index (χ4v) is 3.89. The molecule has 0 bridgehead atoms. The van der Waals surface area contributed by atoms with E-state index < -0.39 is 10.0 Å². The van der Waals surface area contributed by atoms with E-state index in [1.807, 2.05) is 26.0 Å². The van der Waals surface area contributed by atoms with Crippen LogP contribution in [0.3, 0.4) is 0 Å². The van der Waals surface area contributed by atoms with Gasteiger partial charge >= 0.3 is 0 Å². The smallest absolute Gasteiger partial charge is 0.232 e. The van der Waals surface area contributed by atoms with E-state index in [1.54, 1.807) is 30.3 Å². The highest BCUT2D eigenvalue weighted by Gasteiger charge is 2.19. The molecule has 2 aromatic rings. The van der Waals surface area contributed by atoms with Crippen LogP contribution in [0.1, 0.15) is 29.5 Å². The van der Waals surface area contributed by atoms with Gasteiger partial charge in [0.25, 0.3) is 0 Å². The maximum absolute atomic E-state index is 12.2. The predicted molar refractivity (Wildman–Crippen MR) is 112 cm³/mol. The zero-order valence-corrected chi connectivity index (χ0v) is 17.2. The van der Waals surface area contributed by atoms with Gasteiger partial charge in [0.05, 0.1) is 24.4 Å². The highest BCUT2D eigenvalue weighted by molar-refractivity contribution is 7.92. The minimum atomic E-state index is -3.45. The first-order valence-electron chi connectivity index (χ1n) is 9.02. The van der Waals surface area contributed by atoms with Gasteiger partial charge in [-0.15, -0.1) is 0 Å². The molecule has 1 N–H and O–H groups in total. The minimum absolute atomic E-state index is 0.178. The molecule has 6 nitrogen and oxygen atoms in total. The molecular formula is C21H25N3O3S. The van der Waals surface area contributed by atoms with E-state index in [4.69, 9.17) is 5.26 Å². The number of hydrogen-bond acceptors (Lipinski definition) is 4. The Hall–Kier alpha value is -2.85. The molecule has 2 rings (SSSR count). The van der Waals surface area contributed by atoms with Crippen LogP contribution in [0.4, 0.5) is 11.4 Å². The molecule has 0 aliphatic heterocycles. The van der Waals surface area contributed by atoms with Gasteiger partial charge in [0, 0.05) is 18.7 Å². The first-order valence-corrected chi connectivity index (χ1v) is 10.9. The molecule has 2 aromatic carbocycles. The number of anilines is 2. The van der Waals surface area contributed by atoms with Gasteiger partial charge in [-0.2, -0.15) is 5.26 Å². The molecular weight excluding hydrogens is 374 g/mol. The average molecular weight is 400 g/mol. The quantitative estimate of drug-likeness (QED) is 0.735. The summed E-state index contributed by atoms with van der Waals surface area (Å²) < 4.78 is 25.9. The van der Waals surface area contributed by atoms with Crippen molar-refractivity contribution in [2.24, 2.45) is 0 Å². The lowest BCUT2D eigenvalue weighted by molar-refractivity contribution is -0.116. The third-order valence-electron chi connectivity index (χ3n) is 4.53. The van der Waals surface area contributed by atoms with E-state index in [1.165, 1.54) is 10.6 Å². The summed E-state index contributed by atoms with van der Waals surface area (Å²) in [6.07, 6.45) is 2.11. The summed E-state index contributed by atoms with van der Waals surface area (Å²) in [6, 6.07) is 14.7. The lowest BCUT2D eigenvalue weighted by Crippen LogP contribution is -2.32. The molecule has 148 valence electrons. The fourth-order valence-electron chi connectivity index (χ4n) is 2.87. The number of amides is 1. The van der Waals surface area contributed by atoms with Crippen LogP contribution < -0.4 is 9.62 Å². The summed E-state index contributed by atoms with van der Waals surface area (Å²) in [5.41, 5.74) is 4.12. The number of hydrogen-bond donors (Lipinski definition) is 1. The highest BCUT2D eigenvalue weighted by atomic mass is 32.2. The molecule has 0 heterocycles.